The molecule has 0 radical (unpaired) electrons. The molecule has 1 aromatic heterocycles. The first kappa shape index (κ1) is 23.6. The van der Waals surface area contributed by atoms with Crippen molar-refractivity contribution in [3.63, 3.8) is 0 Å². The molecule has 0 atom stereocenters. The van der Waals surface area contributed by atoms with Crippen LogP contribution in [0.5, 0.6) is 0 Å². The van der Waals surface area contributed by atoms with Gasteiger partial charge >= 0.3 is 0 Å². The molecule has 166 valence electrons. The lowest BCUT2D eigenvalue weighted by atomic mass is 10.0. The minimum Gasteiger partial charge on any atom is -0.460 e. The van der Waals surface area contributed by atoms with Crippen LogP contribution in [0.25, 0.3) is 11.0 Å². The third-order valence-corrected chi connectivity index (χ3v) is 7.07. The molecule has 0 saturated carbocycles. The number of sulfonamides is 1. The second-order valence-electron chi connectivity index (χ2n) is 7.71. The van der Waals surface area contributed by atoms with Gasteiger partial charge in [0, 0.05) is 21.9 Å². The summed E-state index contributed by atoms with van der Waals surface area (Å²) in [4.78, 5) is 12.8. The Morgan fingerprint density at radius 1 is 1.10 bits per heavy atom. The number of carbonyl (C=O) groups excluding carboxylic acids is 1. The summed E-state index contributed by atoms with van der Waals surface area (Å²) in [5.74, 6) is -0.112. The van der Waals surface area contributed by atoms with Crippen LogP contribution in [0.2, 0.25) is 10.0 Å². The van der Waals surface area contributed by atoms with Crippen LogP contribution in [0.15, 0.2) is 34.7 Å². The molecule has 3 aromatic rings. The van der Waals surface area contributed by atoms with Crippen molar-refractivity contribution in [2.24, 2.45) is 0 Å². The van der Waals surface area contributed by atoms with Crippen molar-refractivity contribution in [3.8, 4) is 0 Å². The minimum absolute atomic E-state index is 0.0843. The van der Waals surface area contributed by atoms with E-state index < -0.39 is 15.9 Å². The predicted molar refractivity (Wildman–Crippen MR) is 126 cm³/mol. The van der Waals surface area contributed by atoms with E-state index in [0.29, 0.717) is 34.2 Å². The molecule has 0 aliphatic carbocycles. The Labute approximate surface area is 192 Å². The largest absolute Gasteiger partial charge is 0.460 e. The molecule has 1 N–H and O–H groups in total. The van der Waals surface area contributed by atoms with Crippen LogP contribution in [-0.4, -0.2) is 20.1 Å². The van der Waals surface area contributed by atoms with Crippen LogP contribution in [0.1, 0.15) is 59.0 Å². The van der Waals surface area contributed by atoms with Gasteiger partial charge < -0.3 is 4.42 Å². The molecule has 31 heavy (non-hydrogen) atoms. The number of carbonyl (C=O) groups is 1. The highest BCUT2D eigenvalue weighted by molar-refractivity contribution is 7.90. The number of unbranched alkanes of at least 4 members (excludes halogenated alkanes) is 2. The first-order chi connectivity index (χ1) is 14.6. The summed E-state index contributed by atoms with van der Waals surface area (Å²) in [6, 6.07) is 8.82. The molecule has 0 spiro atoms. The van der Waals surface area contributed by atoms with Crippen molar-refractivity contribution in [2.75, 3.05) is 5.75 Å². The van der Waals surface area contributed by atoms with Gasteiger partial charge in [-0.3, -0.25) is 4.79 Å². The maximum absolute atomic E-state index is 12.8. The van der Waals surface area contributed by atoms with E-state index in [-0.39, 0.29) is 11.3 Å². The van der Waals surface area contributed by atoms with Crippen LogP contribution >= 0.6 is 23.2 Å². The first-order valence-electron chi connectivity index (χ1n) is 10.1. The fourth-order valence-corrected chi connectivity index (χ4v) is 5.03. The van der Waals surface area contributed by atoms with Crippen LogP contribution in [0.3, 0.4) is 0 Å². The van der Waals surface area contributed by atoms with Crippen LogP contribution < -0.4 is 4.72 Å². The Balaban J connectivity index is 1.96. The van der Waals surface area contributed by atoms with Crippen LogP contribution in [0, 0.1) is 13.8 Å². The normalized spacial score (nSPS) is 11.8. The van der Waals surface area contributed by atoms with Crippen molar-refractivity contribution in [2.45, 2.75) is 46.5 Å². The fourth-order valence-electron chi connectivity index (χ4n) is 3.48. The van der Waals surface area contributed by atoms with Crippen molar-refractivity contribution >= 4 is 50.1 Å². The van der Waals surface area contributed by atoms with Crippen LogP contribution in [-0.2, 0) is 16.4 Å². The van der Waals surface area contributed by atoms with Gasteiger partial charge in [-0.25, -0.2) is 13.1 Å². The highest BCUT2D eigenvalue weighted by atomic mass is 35.5. The molecule has 2 aromatic carbocycles. The lowest BCUT2D eigenvalue weighted by Crippen LogP contribution is -2.32. The van der Waals surface area contributed by atoms with E-state index in [1.54, 1.807) is 18.2 Å². The smallest absolute Gasteiger partial charge is 0.268 e. The topological polar surface area (TPSA) is 76.4 Å². The van der Waals surface area contributed by atoms with E-state index in [0.717, 1.165) is 34.9 Å². The lowest BCUT2D eigenvalue weighted by molar-refractivity contribution is 0.0982. The zero-order valence-corrected chi connectivity index (χ0v) is 20.0. The number of fused-ring (bicyclic) bond motifs is 1. The van der Waals surface area contributed by atoms with Crippen molar-refractivity contribution in [1.82, 2.24) is 4.72 Å². The summed E-state index contributed by atoms with van der Waals surface area (Å²) in [6.07, 6.45) is 2.62. The molecule has 0 fully saturated rings. The third-order valence-electron chi connectivity index (χ3n) is 5.16. The van der Waals surface area contributed by atoms with Gasteiger partial charge in [0.1, 0.15) is 11.3 Å². The molecule has 5 nitrogen and oxygen atoms in total. The van der Waals surface area contributed by atoms with Crippen molar-refractivity contribution in [3.05, 3.63) is 68.4 Å². The summed E-state index contributed by atoms with van der Waals surface area (Å²) in [5.41, 5.74) is 3.12. The van der Waals surface area contributed by atoms with E-state index in [4.69, 9.17) is 27.6 Å². The molecular formula is C23H25Cl2NO4S. The number of hydrogen-bond donors (Lipinski definition) is 1. The van der Waals surface area contributed by atoms with E-state index >= 15 is 0 Å². The predicted octanol–water partition coefficient (Wildman–Crippen LogP) is 6.20. The molecule has 1 heterocycles. The Kier molecular flexibility index (Phi) is 7.35. The monoisotopic (exact) mass is 481 g/mol. The number of aryl methyl sites for hydroxylation is 2. The average molecular weight is 482 g/mol. The summed E-state index contributed by atoms with van der Waals surface area (Å²) in [5, 5.41) is 1.85. The standard InChI is InChI=1S/C23H25Cl2NO4S/c1-4-5-6-9-31(28,29)26-23(27)19-11-14(2)10-18-15(3)21(30-22(18)19)12-16-7-8-17(24)13-20(16)25/h7-8,10-11,13H,4-6,9,12H2,1-3H3,(H,26,27). The Morgan fingerprint density at radius 2 is 1.84 bits per heavy atom. The fraction of sp³-hybridized carbons (Fsp3) is 0.348. The maximum atomic E-state index is 12.8. The maximum Gasteiger partial charge on any atom is 0.268 e. The molecule has 1 amide bonds. The molecule has 0 bridgehead atoms. The van der Waals surface area contributed by atoms with Gasteiger partial charge in [-0.2, -0.15) is 0 Å². The summed E-state index contributed by atoms with van der Waals surface area (Å²) < 4.78 is 32.8. The number of benzene rings is 2. The zero-order valence-electron chi connectivity index (χ0n) is 17.7. The number of amides is 1. The van der Waals surface area contributed by atoms with Crippen molar-refractivity contribution in [1.29, 1.82) is 0 Å². The van der Waals surface area contributed by atoms with Gasteiger partial charge in [0.15, 0.2) is 0 Å². The number of halogens is 2. The molecule has 8 heteroatoms. The van der Waals surface area contributed by atoms with Crippen molar-refractivity contribution < 1.29 is 17.6 Å². The molecule has 3 rings (SSSR count). The molecule has 0 saturated heterocycles. The van der Waals surface area contributed by atoms with Gasteiger partial charge in [-0.1, -0.05) is 49.0 Å². The first-order valence-corrected chi connectivity index (χ1v) is 12.5. The third kappa shape index (κ3) is 5.62. The Bertz CT molecular complexity index is 1230. The lowest BCUT2D eigenvalue weighted by Gasteiger charge is -2.08. The van der Waals surface area contributed by atoms with Gasteiger partial charge in [-0.15, -0.1) is 0 Å². The Morgan fingerprint density at radius 3 is 2.52 bits per heavy atom. The second kappa shape index (κ2) is 9.63. The van der Waals surface area contributed by atoms with Gasteiger partial charge in [0.2, 0.25) is 10.0 Å². The number of furan rings is 1. The molecule has 0 aliphatic rings. The SMILES string of the molecule is CCCCCS(=O)(=O)NC(=O)c1cc(C)cc2c(C)c(Cc3ccc(Cl)cc3Cl)oc12. The number of hydrogen-bond acceptors (Lipinski definition) is 4. The van der Waals surface area contributed by atoms with E-state index in [9.17, 15) is 13.2 Å². The van der Waals surface area contributed by atoms with Gasteiger partial charge in [0.25, 0.3) is 5.91 Å². The molecule has 0 unspecified atom stereocenters. The Hall–Kier alpha value is -2.02. The molecule has 0 aliphatic heterocycles. The quantitative estimate of drug-likeness (QED) is 0.388. The number of rotatable bonds is 8. The van der Waals surface area contributed by atoms with E-state index in [2.05, 4.69) is 4.72 Å². The summed E-state index contributed by atoms with van der Waals surface area (Å²) >= 11 is 12.3. The highest BCUT2D eigenvalue weighted by Gasteiger charge is 2.22. The number of nitrogens with one attached hydrogen (secondary N) is 1. The molecular weight excluding hydrogens is 457 g/mol. The summed E-state index contributed by atoms with van der Waals surface area (Å²) in [7, 11) is -3.72. The average Bonchev–Trinajstić information content (AvgIpc) is 2.99. The zero-order chi connectivity index (χ0) is 22.8. The second-order valence-corrected chi connectivity index (χ2v) is 10.4. The van der Waals surface area contributed by atoms with Gasteiger partial charge in [0.05, 0.1) is 11.3 Å². The summed E-state index contributed by atoms with van der Waals surface area (Å²) in [6.45, 7) is 5.75. The van der Waals surface area contributed by atoms with E-state index in [1.807, 2.05) is 32.9 Å². The van der Waals surface area contributed by atoms with Crippen LogP contribution in [0.4, 0.5) is 0 Å². The highest BCUT2D eigenvalue weighted by Crippen LogP contribution is 2.32. The van der Waals surface area contributed by atoms with Gasteiger partial charge in [-0.05, 0) is 61.2 Å². The van der Waals surface area contributed by atoms with E-state index in [1.165, 1.54) is 0 Å². The minimum atomic E-state index is -3.72.